The first-order valence-electron chi connectivity index (χ1n) is 2.87. The molecule has 8 heteroatoms. The topological polar surface area (TPSA) is 115 Å². The van der Waals surface area contributed by atoms with Crippen LogP contribution >= 0.6 is 11.3 Å². The van der Waals surface area contributed by atoms with E-state index in [1.165, 1.54) is 5.38 Å². The average Bonchev–Trinajstić information content (AvgIpc) is 2.34. The van der Waals surface area contributed by atoms with Gasteiger partial charge in [0.25, 0.3) is 0 Å². The molecule has 0 spiro atoms. The van der Waals surface area contributed by atoms with Crippen molar-refractivity contribution in [2.24, 2.45) is 5.73 Å². The fraction of sp³-hybridized carbons (Fsp3) is 0. The van der Waals surface area contributed by atoms with E-state index in [-0.39, 0.29) is 46.3 Å². The number of anilines is 1. The molecule has 1 heterocycles. The Bertz CT molecular complexity index is 326. The van der Waals surface area contributed by atoms with Gasteiger partial charge in [0.15, 0.2) is 11.1 Å². The number of hydrogen-bond donors (Lipinski definition) is 3. The van der Waals surface area contributed by atoms with Gasteiger partial charge in [-0.2, -0.15) is 0 Å². The third-order valence-corrected chi connectivity index (χ3v) is 1.71. The molecule has 0 amide bonds. The van der Waals surface area contributed by atoms with E-state index in [9.17, 15) is 9.90 Å². The molecule has 13 heavy (non-hydrogen) atoms. The molecule has 0 unspecified atom stereocenters. The Hall–Kier alpha value is -0.630. The van der Waals surface area contributed by atoms with Gasteiger partial charge in [0.2, 0.25) is 0 Å². The third kappa shape index (κ3) is 3.73. The van der Waals surface area contributed by atoms with E-state index in [0.717, 1.165) is 11.3 Å². The summed E-state index contributed by atoms with van der Waals surface area (Å²) in [6.07, 6.45) is 0. The second-order valence-electron chi connectivity index (χ2n) is 1.86. The number of nitrogens with zero attached hydrogens (tertiary/aromatic N) is 1. The summed E-state index contributed by atoms with van der Waals surface area (Å²) in [7, 11) is 0. The van der Waals surface area contributed by atoms with Gasteiger partial charge in [0.05, 0.1) is 11.7 Å². The summed E-state index contributed by atoms with van der Waals surface area (Å²) in [5, 5.41) is 21.0. The standard InChI is InChI=1S/C5H6N4O2S.Na/c6-4(7)9-5-8-2(1-12-5)3(10)11;/h1H,(H,10,11)(H4,6,7,8,9);/q;+1/p-1. The van der Waals surface area contributed by atoms with E-state index >= 15 is 0 Å². The summed E-state index contributed by atoms with van der Waals surface area (Å²) in [4.78, 5) is 13.8. The number of aromatic carboxylic acids is 1. The largest absolute Gasteiger partial charge is 1.00 e. The zero-order chi connectivity index (χ0) is 9.14. The summed E-state index contributed by atoms with van der Waals surface area (Å²) in [6.45, 7) is 0. The Morgan fingerprint density at radius 1 is 1.77 bits per heavy atom. The van der Waals surface area contributed by atoms with Crippen LogP contribution in [0.2, 0.25) is 0 Å². The molecule has 64 valence electrons. The maximum Gasteiger partial charge on any atom is 1.00 e. The molecule has 6 nitrogen and oxygen atoms in total. The molecule has 0 aromatic carbocycles. The first-order valence-corrected chi connectivity index (χ1v) is 3.75. The second kappa shape index (κ2) is 5.18. The number of carboxylic acids is 1. The van der Waals surface area contributed by atoms with Crippen LogP contribution in [0, 0.1) is 5.41 Å². The summed E-state index contributed by atoms with van der Waals surface area (Å²) in [6, 6.07) is 0. The first kappa shape index (κ1) is 12.4. The predicted molar refractivity (Wildman–Crippen MR) is 42.0 cm³/mol. The smallest absolute Gasteiger partial charge is 0.543 e. The number of guanidine groups is 1. The molecule has 0 bridgehead atoms. The van der Waals surface area contributed by atoms with Crippen molar-refractivity contribution in [3.63, 3.8) is 0 Å². The van der Waals surface area contributed by atoms with Crippen molar-refractivity contribution in [3.8, 4) is 0 Å². The van der Waals surface area contributed by atoms with Crippen molar-refractivity contribution in [2.75, 3.05) is 5.32 Å². The molecule has 0 fully saturated rings. The van der Waals surface area contributed by atoms with Gasteiger partial charge in [-0.3, -0.25) is 5.41 Å². The number of carbonyl (C=O) groups excluding carboxylic acids is 1. The minimum atomic E-state index is -1.34. The molecule has 0 radical (unpaired) electrons. The fourth-order valence-corrected chi connectivity index (χ4v) is 1.23. The van der Waals surface area contributed by atoms with Crippen LogP contribution in [0.25, 0.3) is 0 Å². The molecule has 0 saturated carbocycles. The van der Waals surface area contributed by atoms with E-state index in [4.69, 9.17) is 11.1 Å². The van der Waals surface area contributed by atoms with Crippen LogP contribution in [0.5, 0.6) is 0 Å². The minimum Gasteiger partial charge on any atom is -0.543 e. The summed E-state index contributed by atoms with van der Waals surface area (Å²) in [5.74, 6) is -1.63. The number of thiazole rings is 1. The second-order valence-corrected chi connectivity index (χ2v) is 2.72. The van der Waals surface area contributed by atoms with Crippen LogP contribution in [0.3, 0.4) is 0 Å². The van der Waals surface area contributed by atoms with Gasteiger partial charge in [-0.05, 0) is 0 Å². The number of carboxylic acid groups (broad SMARTS) is 1. The fourth-order valence-electron chi connectivity index (χ4n) is 0.540. The Morgan fingerprint density at radius 3 is 2.77 bits per heavy atom. The Morgan fingerprint density at radius 2 is 2.38 bits per heavy atom. The molecular formula is C5H5N4NaO2S. The monoisotopic (exact) mass is 208 g/mol. The van der Waals surface area contributed by atoms with Crippen LogP contribution in [0.1, 0.15) is 10.5 Å². The van der Waals surface area contributed by atoms with E-state index in [1.807, 2.05) is 0 Å². The quantitative estimate of drug-likeness (QED) is 0.259. The molecule has 1 aromatic rings. The van der Waals surface area contributed by atoms with Crippen LogP contribution < -0.4 is 45.7 Å². The van der Waals surface area contributed by atoms with Crippen LogP contribution in [0.4, 0.5) is 5.13 Å². The first-order chi connectivity index (χ1) is 5.59. The number of hydrogen-bond acceptors (Lipinski definition) is 5. The van der Waals surface area contributed by atoms with E-state index in [2.05, 4.69) is 10.3 Å². The minimum absolute atomic E-state index is 0. The zero-order valence-electron chi connectivity index (χ0n) is 6.83. The van der Waals surface area contributed by atoms with Crippen molar-refractivity contribution >= 4 is 28.4 Å². The molecule has 0 aliphatic heterocycles. The van der Waals surface area contributed by atoms with Gasteiger partial charge in [-0.25, -0.2) is 4.98 Å². The SMILES string of the molecule is N=C(N)Nc1nc(C(=O)[O-])cs1.[Na+]. The predicted octanol–water partition coefficient (Wildman–Crippen LogP) is -4.18. The summed E-state index contributed by atoms with van der Waals surface area (Å²) in [5.41, 5.74) is 4.82. The van der Waals surface area contributed by atoms with Gasteiger partial charge in [-0.15, -0.1) is 11.3 Å². The van der Waals surface area contributed by atoms with Crippen molar-refractivity contribution in [1.29, 1.82) is 5.41 Å². The number of nitrogens with one attached hydrogen (secondary N) is 2. The Balaban J connectivity index is 0.00000144. The average molecular weight is 208 g/mol. The molecular weight excluding hydrogens is 203 g/mol. The molecule has 1 rings (SSSR count). The number of carbonyl (C=O) groups is 1. The van der Waals surface area contributed by atoms with Crippen molar-refractivity contribution in [2.45, 2.75) is 0 Å². The third-order valence-electron chi connectivity index (χ3n) is 0.955. The number of aromatic nitrogens is 1. The Kier molecular flexibility index (Phi) is 4.92. The van der Waals surface area contributed by atoms with E-state index in [1.54, 1.807) is 0 Å². The number of rotatable bonds is 2. The van der Waals surface area contributed by atoms with Gasteiger partial charge in [-0.1, -0.05) is 0 Å². The molecule has 0 aliphatic carbocycles. The molecule has 0 aliphatic rings. The van der Waals surface area contributed by atoms with E-state index < -0.39 is 5.97 Å². The summed E-state index contributed by atoms with van der Waals surface area (Å²) < 4.78 is 0. The summed E-state index contributed by atoms with van der Waals surface area (Å²) >= 11 is 1.04. The van der Waals surface area contributed by atoms with Gasteiger partial charge >= 0.3 is 29.6 Å². The Labute approximate surface area is 100.0 Å². The van der Waals surface area contributed by atoms with Crippen molar-refractivity contribution in [1.82, 2.24) is 4.98 Å². The van der Waals surface area contributed by atoms with Crippen LogP contribution in [0.15, 0.2) is 5.38 Å². The molecule has 4 N–H and O–H groups in total. The number of nitrogens with two attached hydrogens (primary N) is 1. The van der Waals surface area contributed by atoms with Gasteiger partial charge in [0.1, 0.15) is 0 Å². The normalized spacial score (nSPS) is 8.62. The van der Waals surface area contributed by atoms with Crippen LogP contribution in [-0.2, 0) is 0 Å². The molecule has 0 atom stereocenters. The maximum absolute atomic E-state index is 10.2. The van der Waals surface area contributed by atoms with E-state index in [0.29, 0.717) is 0 Å². The van der Waals surface area contributed by atoms with Gasteiger partial charge < -0.3 is 21.0 Å². The van der Waals surface area contributed by atoms with Crippen LogP contribution in [-0.4, -0.2) is 16.9 Å². The molecule has 1 aromatic heterocycles. The van der Waals surface area contributed by atoms with Crippen molar-refractivity contribution < 1.29 is 39.5 Å². The van der Waals surface area contributed by atoms with Crippen molar-refractivity contribution in [3.05, 3.63) is 11.1 Å². The van der Waals surface area contributed by atoms with Gasteiger partial charge in [0, 0.05) is 5.38 Å². The molecule has 0 saturated heterocycles. The maximum atomic E-state index is 10.2. The zero-order valence-corrected chi connectivity index (χ0v) is 9.64.